The fourth-order valence-corrected chi connectivity index (χ4v) is 2.26. The summed E-state index contributed by atoms with van der Waals surface area (Å²) in [7, 11) is 1.57. The number of rotatable bonds is 3. The Hall–Kier alpha value is -1.03. The van der Waals surface area contributed by atoms with Crippen molar-refractivity contribution in [1.82, 2.24) is 0 Å². The highest BCUT2D eigenvalue weighted by atomic mass is 79.9. The molecule has 0 atom stereocenters. The Morgan fingerprint density at radius 2 is 2.12 bits per heavy atom. The summed E-state index contributed by atoms with van der Waals surface area (Å²) in [6.45, 7) is 1.96. The van der Waals surface area contributed by atoms with Gasteiger partial charge in [0.2, 0.25) is 0 Å². The van der Waals surface area contributed by atoms with Crippen molar-refractivity contribution in [1.29, 1.82) is 0 Å². The number of hydrogen-bond donors (Lipinski definition) is 1. The molecular weight excluding hydrogens is 272 g/mol. The lowest BCUT2D eigenvalue weighted by Crippen LogP contribution is -2.20. The van der Waals surface area contributed by atoms with Gasteiger partial charge in [-0.3, -0.25) is 4.79 Å². The summed E-state index contributed by atoms with van der Waals surface area (Å²) in [6, 6.07) is 3.75. The first-order valence-electron chi connectivity index (χ1n) is 5.09. The van der Waals surface area contributed by atoms with Crippen molar-refractivity contribution in [3.8, 4) is 5.75 Å². The van der Waals surface area contributed by atoms with E-state index >= 15 is 0 Å². The van der Waals surface area contributed by atoms with Crippen LogP contribution in [-0.4, -0.2) is 18.2 Å². The number of aryl methyl sites for hydroxylation is 1. The lowest BCUT2D eigenvalue weighted by Gasteiger charge is -2.16. The maximum Gasteiger partial charge on any atom is 0.314 e. The summed E-state index contributed by atoms with van der Waals surface area (Å²) in [6.07, 6.45) is 1.38. The first-order chi connectivity index (χ1) is 7.51. The van der Waals surface area contributed by atoms with Crippen LogP contribution in [0.5, 0.6) is 5.75 Å². The van der Waals surface area contributed by atoms with E-state index in [9.17, 15) is 9.90 Å². The predicted molar refractivity (Wildman–Crippen MR) is 64.0 cm³/mol. The van der Waals surface area contributed by atoms with Crippen LogP contribution in [0.15, 0.2) is 16.6 Å². The molecule has 1 N–H and O–H groups in total. The van der Waals surface area contributed by atoms with E-state index in [1.807, 2.05) is 19.1 Å². The van der Waals surface area contributed by atoms with Gasteiger partial charge in [0.1, 0.15) is 5.75 Å². The Morgan fingerprint density at radius 1 is 1.50 bits per heavy atom. The Kier molecular flexibility index (Phi) is 2.70. The van der Waals surface area contributed by atoms with E-state index in [0.717, 1.165) is 15.6 Å². The minimum atomic E-state index is -0.762. The average Bonchev–Trinajstić information content (AvgIpc) is 3.02. The third-order valence-electron chi connectivity index (χ3n) is 3.16. The zero-order chi connectivity index (χ0) is 11.9. The van der Waals surface area contributed by atoms with Crippen LogP contribution in [0.3, 0.4) is 0 Å². The minimum absolute atomic E-state index is 0.667. The Labute approximate surface area is 103 Å². The SMILES string of the molecule is COc1cc(C)c(Br)cc1C1(C(=O)O)CC1. The predicted octanol–water partition coefficient (Wildman–Crippen LogP) is 2.88. The zero-order valence-corrected chi connectivity index (χ0v) is 10.8. The maximum absolute atomic E-state index is 11.3. The van der Waals surface area contributed by atoms with Gasteiger partial charge in [0.25, 0.3) is 0 Å². The lowest BCUT2D eigenvalue weighted by molar-refractivity contribution is -0.140. The van der Waals surface area contributed by atoms with E-state index in [-0.39, 0.29) is 0 Å². The van der Waals surface area contributed by atoms with Crippen LogP contribution < -0.4 is 4.74 Å². The van der Waals surface area contributed by atoms with Crippen LogP contribution in [0.25, 0.3) is 0 Å². The molecule has 2 rings (SSSR count). The molecule has 0 bridgehead atoms. The number of carbonyl (C=O) groups is 1. The number of carboxylic acids is 1. The fourth-order valence-electron chi connectivity index (χ4n) is 1.92. The molecule has 4 heteroatoms. The van der Waals surface area contributed by atoms with E-state index in [0.29, 0.717) is 18.6 Å². The number of methoxy groups -OCH3 is 1. The molecule has 1 saturated carbocycles. The van der Waals surface area contributed by atoms with E-state index in [1.54, 1.807) is 7.11 Å². The van der Waals surface area contributed by atoms with Crippen molar-refractivity contribution in [3.63, 3.8) is 0 Å². The largest absolute Gasteiger partial charge is 0.496 e. The van der Waals surface area contributed by atoms with Gasteiger partial charge in [-0.05, 0) is 37.5 Å². The number of ether oxygens (including phenoxy) is 1. The Balaban J connectivity index is 2.56. The zero-order valence-electron chi connectivity index (χ0n) is 9.21. The molecule has 0 heterocycles. The maximum atomic E-state index is 11.3. The standard InChI is InChI=1S/C12H13BrO3/c1-7-5-10(16-2)8(6-9(7)13)12(3-4-12)11(14)15/h5-6H,3-4H2,1-2H3,(H,14,15). The van der Waals surface area contributed by atoms with Gasteiger partial charge in [-0.25, -0.2) is 0 Å². The topological polar surface area (TPSA) is 46.5 Å². The second kappa shape index (κ2) is 3.77. The summed E-state index contributed by atoms with van der Waals surface area (Å²) in [4.78, 5) is 11.3. The summed E-state index contributed by atoms with van der Waals surface area (Å²) >= 11 is 3.43. The summed E-state index contributed by atoms with van der Waals surface area (Å²) < 4.78 is 6.20. The number of hydrogen-bond acceptors (Lipinski definition) is 2. The molecule has 1 fully saturated rings. The van der Waals surface area contributed by atoms with Gasteiger partial charge in [0, 0.05) is 10.0 Å². The van der Waals surface area contributed by atoms with Gasteiger partial charge >= 0.3 is 5.97 Å². The average molecular weight is 285 g/mol. The Morgan fingerprint density at radius 3 is 2.56 bits per heavy atom. The van der Waals surface area contributed by atoms with Crippen LogP contribution in [0.1, 0.15) is 24.0 Å². The van der Waals surface area contributed by atoms with Crippen LogP contribution in [0, 0.1) is 6.92 Å². The molecule has 1 aliphatic rings. The van der Waals surface area contributed by atoms with Crippen molar-refractivity contribution in [2.24, 2.45) is 0 Å². The molecule has 3 nitrogen and oxygen atoms in total. The molecule has 1 aromatic carbocycles. The van der Waals surface area contributed by atoms with Gasteiger partial charge in [-0.2, -0.15) is 0 Å². The van der Waals surface area contributed by atoms with E-state index in [2.05, 4.69) is 15.9 Å². The van der Waals surface area contributed by atoms with Gasteiger partial charge in [-0.1, -0.05) is 15.9 Å². The van der Waals surface area contributed by atoms with Gasteiger partial charge in [0.05, 0.1) is 12.5 Å². The smallest absolute Gasteiger partial charge is 0.314 e. The molecule has 0 radical (unpaired) electrons. The minimum Gasteiger partial charge on any atom is -0.496 e. The van der Waals surface area contributed by atoms with Crippen LogP contribution in [-0.2, 0) is 10.2 Å². The third-order valence-corrected chi connectivity index (χ3v) is 4.01. The number of halogens is 1. The van der Waals surface area contributed by atoms with Gasteiger partial charge < -0.3 is 9.84 Å². The molecule has 0 unspecified atom stereocenters. The van der Waals surface area contributed by atoms with Crippen molar-refractivity contribution in [2.45, 2.75) is 25.2 Å². The fraction of sp³-hybridized carbons (Fsp3) is 0.417. The first-order valence-corrected chi connectivity index (χ1v) is 5.88. The quantitative estimate of drug-likeness (QED) is 0.928. The molecule has 16 heavy (non-hydrogen) atoms. The highest BCUT2D eigenvalue weighted by molar-refractivity contribution is 9.10. The molecule has 1 aliphatic carbocycles. The van der Waals surface area contributed by atoms with Crippen LogP contribution >= 0.6 is 15.9 Å². The van der Waals surface area contributed by atoms with Gasteiger partial charge in [-0.15, -0.1) is 0 Å². The van der Waals surface area contributed by atoms with Gasteiger partial charge in [0.15, 0.2) is 0 Å². The molecule has 0 amide bonds. The number of carboxylic acid groups (broad SMARTS) is 1. The molecule has 0 aromatic heterocycles. The van der Waals surface area contributed by atoms with Crippen LogP contribution in [0.4, 0.5) is 0 Å². The first kappa shape index (κ1) is 11.5. The molecule has 0 saturated heterocycles. The van der Waals surface area contributed by atoms with Crippen molar-refractivity contribution in [2.75, 3.05) is 7.11 Å². The lowest BCUT2D eigenvalue weighted by atomic mass is 9.94. The third kappa shape index (κ3) is 1.61. The highest BCUT2D eigenvalue weighted by Crippen LogP contribution is 2.52. The molecule has 1 aromatic rings. The molecule has 0 spiro atoms. The normalized spacial score (nSPS) is 16.9. The van der Waals surface area contributed by atoms with Crippen molar-refractivity contribution < 1.29 is 14.6 Å². The molecule has 0 aliphatic heterocycles. The van der Waals surface area contributed by atoms with Crippen molar-refractivity contribution in [3.05, 3.63) is 27.7 Å². The second-order valence-corrected chi connectivity index (χ2v) is 5.04. The highest BCUT2D eigenvalue weighted by Gasteiger charge is 2.53. The molecular formula is C12H13BrO3. The van der Waals surface area contributed by atoms with E-state index in [1.165, 1.54) is 0 Å². The number of benzene rings is 1. The number of aliphatic carboxylic acids is 1. The monoisotopic (exact) mass is 284 g/mol. The van der Waals surface area contributed by atoms with E-state index < -0.39 is 11.4 Å². The second-order valence-electron chi connectivity index (χ2n) is 4.19. The molecule has 86 valence electrons. The summed E-state index contributed by atoms with van der Waals surface area (Å²) in [5, 5.41) is 9.27. The summed E-state index contributed by atoms with van der Waals surface area (Å²) in [5.41, 5.74) is 1.10. The van der Waals surface area contributed by atoms with Crippen molar-refractivity contribution >= 4 is 21.9 Å². The van der Waals surface area contributed by atoms with E-state index in [4.69, 9.17) is 4.74 Å². The Bertz CT molecular complexity index is 450. The summed E-state index contributed by atoms with van der Waals surface area (Å²) in [5.74, 6) is -0.0952. The van der Waals surface area contributed by atoms with Crippen LogP contribution in [0.2, 0.25) is 0 Å².